The summed E-state index contributed by atoms with van der Waals surface area (Å²) in [6, 6.07) is 13.7. The molecule has 5 nitrogen and oxygen atoms in total. The fourth-order valence-corrected chi connectivity index (χ4v) is 2.10. The highest BCUT2D eigenvalue weighted by molar-refractivity contribution is 5.68. The minimum atomic E-state index is 0.571. The lowest BCUT2D eigenvalue weighted by Crippen LogP contribution is -2.10. The minimum Gasteiger partial charge on any atom is -0.308 e. The van der Waals surface area contributed by atoms with Gasteiger partial charge in [-0.05, 0) is 18.6 Å². The van der Waals surface area contributed by atoms with Gasteiger partial charge in [0.25, 0.3) is 0 Å². The van der Waals surface area contributed by atoms with Crippen LogP contribution in [0.15, 0.2) is 54.9 Å². The third-order valence-corrected chi connectivity index (χ3v) is 3.22. The Balaban J connectivity index is 2.17. The number of nitrogens with one attached hydrogen (secondary N) is 1. The number of aryl methyl sites for hydroxylation is 1. The first-order valence-corrected chi connectivity index (χ1v) is 6.60. The molecule has 0 fully saturated rings. The second-order valence-corrected chi connectivity index (χ2v) is 4.66. The molecule has 0 bridgehead atoms. The molecule has 2 aromatic heterocycles. The Morgan fingerprint density at radius 1 is 1.05 bits per heavy atom. The van der Waals surface area contributed by atoms with E-state index in [1.807, 2.05) is 49.4 Å². The number of aromatic nitrogens is 3. The standard InChI is InChI=1S/C16H15N5/c1-11-7-8-18-10-13(11)16-19-14(9-15(20-16)21-17)12-5-3-2-4-6-12/h2-10H,17H2,1H3,(H,19,20,21). The average molecular weight is 277 g/mol. The summed E-state index contributed by atoms with van der Waals surface area (Å²) >= 11 is 0. The SMILES string of the molecule is Cc1ccncc1-c1nc(NN)cc(-c2ccccc2)n1. The number of nitrogens with zero attached hydrogens (tertiary/aromatic N) is 3. The summed E-state index contributed by atoms with van der Waals surface area (Å²) in [7, 11) is 0. The quantitative estimate of drug-likeness (QED) is 0.568. The molecule has 0 atom stereocenters. The number of rotatable bonds is 3. The average Bonchev–Trinajstić information content (AvgIpc) is 2.55. The Morgan fingerprint density at radius 3 is 2.57 bits per heavy atom. The van der Waals surface area contributed by atoms with Gasteiger partial charge < -0.3 is 5.43 Å². The Bertz CT molecular complexity index is 756. The van der Waals surface area contributed by atoms with Crippen LogP contribution >= 0.6 is 0 Å². The van der Waals surface area contributed by atoms with Crippen molar-refractivity contribution in [1.29, 1.82) is 0 Å². The molecule has 3 N–H and O–H groups in total. The third kappa shape index (κ3) is 2.73. The Hall–Kier alpha value is -2.79. The van der Waals surface area contributed by atoms with Crippen LogP contribution in [-0.2, 0) is 0 Å². The maximum Gasteiger partial charge on any atom is 0.164 e. The van der Waals surface area contributed by atoms with E-state index in [0.29, 0.717) is 11.6 Å². The second kappa shape index (κ2) is 5.68. The maximum atomic E-state index is 5.53. The zero-order chi connectivity index (χ0) is 14.7. The number of hydrazine groups is 1. The van der Waals surface area contributed by atoms with Gasteiger partial charge in [-0.3, -0.25) is 4.98 Å². The molecule has 5 heteroatoms. The van der Waals surface area contributed by atoms with Crippen LogP contribution in [0.25, 0.3) is 22.6 Å². The monoisotopic (exact) mass is 277 g/mol. The number of nitrogens with two attached hydrogens (primary N) is 1. The number of anilines is 1. The highest BCUT2D eigenvalue weighted by Gasteiger charge is 2.10. The van der Waals surface area contributed by atoms with Gasteiger partial charge in [-0.15, -0.1) is 0 Å². The van der Waals surface area contributed by atoms with Crippen LogP contribution in [0.2, 0.25) is 0 Å². The number of benzene rings is 1. The van der Waals surface area contributed by atoms with Gasteiger partial charge in [0.1, 0.15) is 5.82 Å². The van der Waals surface area contributed by atoms with E-state index in [-0.39, 0.29) is 0 Å². The third-order valence-electron chi connectivity index (χ3n) is 3.22. The number of hydrogen-bond acceptors (Lipinski definition) is 5. The van der Waals surface area contributed by atoms with E-state index >= 15 is 0 Å². The van der Waals surface area contributed by atoms with E-state index in [9.17, 15) is 0 Å². The maximum absolute atomic E-state index is 5.53. The number of pyridine rings is 1. The normalized spacial score (nSPS) is 10.4. The van der Waals surface area contributed by atoms with Gasteiger partial charge in [-0.2, -0.15) is 0 Å². The molecule has 0 aliphatic heterocycles. The van der Waals surface area contributed by atoms with E-state index < -0.39 is 0 Å². The molecule has 0 aliphatic rings. The number of hydrogen-bond donors (Lipinski definition) is 2. The summed E-state index contributed by atoms with van der Waals surface area (Å²) in [6.45, 7) is 2.01. The highest BCUT2D eigenvalue weighted by Crippen LogP contribution is 2.25. The summed E-state index contributed by atoms with van der Waals surface area (Å²) < 4.78 is 0. The molecule has 3 aromatic rings. The van der Waals surface area contributed by atoms with Crippen molar-refractivity contribution in [1.82, 2.24) is 15.0 Å². The van der Waals surface area contributed by atoms with Gasteiger partial charge in [0.05, 0.1) is 5.69 Å². The van der Waals surface area contributed by atoms with Crippen molar-refractivity contribution in [3.05, 3.63) is 60.4 Å². The van der Waals surface area contributed by atoms with Crippen molar-refractivity contribution in [2.24, 2.45) is 5.84 Å². The molecule has 0 spiro atoms. The number of nitrogen functional groups attached to an aromatic ring is 1. The summed E-state index contributed by atoms with van der Waals surface area (Å²) in [5.41, 5.74) is 6.39. The zero-order valence-corrected chi connectivity index (χ0v) is 11.6. The molecule has 0 aliphatic carbocycles. The lowest BCUT2D eigenvalue weighted by molar-refractivity contribution is 1.13. The summed E-state index contributed by atoms with van der Waals surface area (Å²) in [5, 5.41) is 0. The lowest BCUT2D eigenvalue weighted by atomic mass is 10.1. The smallest absolute Gasteiger partial charge is 0.164 e. The van der Waals surface area contributed by atoms with Crippen molar-refractivity contribution in [3.8, 4) is 22.6 Å². The highest BCUT2D eigenvalue weighted by atomic mass is 15.3. The van der Waals surface area contributed by atoms with Gasteiger partial charge >= 0.3 is 0 Å². The van der Waals surface area contributed by atoms with Crippen LogP contribution in [0.4, 0.5) is 5.82 Å². The van der Waals surface area contributed by atoms with Gasteiger partial charge in [0.2, 0.25) is 0 Å². The van der Waals surface area contributed by atoms with Crippen LogP contribution in [0.1, 0.15) is 5.56 Å². The molecule has 1 aromatic carbocycles. The van der Waals surface area contributed by atoms with Gasteiger partial charge in [0, 0.05) is 29.6 Å². The van der Waals surface area contributed by atoms with Crippen molar-refractivity contribution < 1.29 is 0 Å². The Labute approximate surface area is 122 Å². The van der Waals surface area contributed by atoms with E-state index in [4.69, 9.17) is 5.84 Å². The molecule has 2 heterocycles. The van der Waals surface area contributed by atoms with Crippen LogP contribution in [-0.4, -0.2) is 15.0 Å². The largest absolute Gasteiger partial charge is 0.308 e. The topological polar surface area (TPSA) is 76.7 Å². The zero-order valence-electron chi connectivity index (χ0n) is 11.6. The van der Waals surface area contributed by atoms with E-state index in [0.717, 1.165) is 22.4 Å². The molecule has 0 radical (unpaired) electrons. The van der Waals surface area contributed by atoms with E-state index in [1.165, 1.54) is 0 Å². The van der Waals surface area contributed by atoms with Crippen LogP contribution in [0.5, 0.6) is 0 Å². The Kier molecular flexibility index (Phi) is 3.57. The van der Waals surface area contributed by atoms with Gasteiger partial charge in [-0.25, -0.2) is 15.8 Å². The molecule has 21 heavy (non-hydrogen) atoms. The molecular formula is C16H15N5. The summed E-state index contributed by atoms with van der Waals surface area (Å²) in [6.07, 6.45) is 3.52. The first-order valence-electron chi connectivity index (χ1n) is 6.60. The first kappa shape index (κ1) is 13.2. The van der Waals surface area contributed by atoms with Crippen molar-refractivity contribution in [2.75, 3.05) is 5.43 Å². The van der Waals surface area contributed by atoms with E-state index in [2.05, 4.69) is 20.4 Å². The van der Waals surface area contributed by atoms with Crippen molar-refractivity contribution in [2.45, 2.75) is 6.92 Å². The summed E-state index contributed by atoms with van der Waals surface area (Å²) in [4.78, 5) is 13.2. The van der Waals surface area contributed by atoms with Crippen molar-refractivity contribution in [3.63, 3.8) is 0 Å². The van der Waals surface area contributed by atoms with E-state index in [1.54, 1.807) is 12.4 Å². The van der Waals surface area contributed by atoms with Crippen molar-refractivity contribution >= 4 is 5.82 Å². The van der Waals surface area contributed by atoms with Gasteiger partial charge in [0.15, 0.2) is 5.82 Å². The lowest BCUT2D eigenvalue weighted by Gasteiger charge is -2.09. The molecular weight excluding hydrogens is 262 g/mol. The molecule has 0 saturated carbocycles. The second-order valence-electron chi connectivity index (χ2n) is 4.66. The van der Waals surface area contributed by atoms with Crippen LogP contribution in [0.3, 0.4) is 0 Å². The van der Waals surface area contributed by atoms with Crippen LogP contribution < -0.4 is 11.3 Å². The molecule has 0 saturated heterocycles. The Morgan fingerprint density at radius 2 is 1.86 bits per heavy atom. The predicted octanol–water partition coefficient (Wildman–Crippen LogP) is 2.80. The summed E-state index contributed by atoms with van der Waals surface area (Å²) in [5.74, 6) is 6.70. The van der Waals surface area contributed by atoms with Crippen LogP contribution in [0, 0.1) is 6.92 Å². The predicted molar refractivity (Wildman–Crippen MR) is 83.2 cm³/mol. The fraction of sp³-hybridized carbons (Fsp3) is 0.0625. The van der Waals surface area contributed by atoms with Gasteiger partial charge in [-0.1, -0.05) is 30.3 Å². The fourth-order valence-electron chi connectivity index (χ4n) is 2.10. The molecule has 104 valence electrons. The molecule has 0 amide bonds. The molecule has 3 rings (SSSR count). The molecule has 0 unspecified atom stereocenters. The first-order chi connectivity index (χ1) is 10.3. The minimum absolute atomic E-state index is 0.571.